The summed E-state index contributed by atoms with van der Waals surface area (Å²) in [7, 11) is 0. The van der Waals surface area contributed by atoms with Crippen LogP contribution in [0, 0.1) is 6.92 Å². The summed E-state index contributed by atoms with van der Waals surface area (Å²) in [6.45, 7) is 1.68. The van der Waals surface area contributed by atoms with Crippen LogP contribution >= 0.6 is 0 Å². The third kappa shape index (κ3) is 2.30. The molecular weight excluding hydrogens is 306 g/mol. The van der Waals surface area contributed by atoms with Crippen LogP contribution in [0.25, 0.3) is 22.6 Å². The lowest BCUT2D eigenvalue weighted by atomic mass is 9.98. The zero-order valence-electron chi connectivity index (χ0n) is 11.9. The minimum absolute atomic E-state index is 0.0102. The van der Waals surface area contributed by atoms with Gasteiger partial charge in [-0.3, -0.25) is 0 Å². The molecule has 3 aromatic rings. The summed E-state index contributed by atoms with van der Waals surface area (Å²) < 4.78 is 41.4. The molecule has 0 aliphatic carbocycles. The third-order valence-electron chi connectivity index (χ3n) is 3.40. The van der Waals surface area contributed by atoms with Crippen molar-refractivity contribution in [2.45, 2.75) is 13.2 Å². The second-order valence-electron chi connectivity index (χ2n) is 4.97. The molecule has 23 heavy (non-hydrogen) atoms. The van der Waals surface area contributed by atoms with E-state index in [0.717, 1.165) is 0 Å². The van der Waals surface area contributed by atoms with Crippen LogP contribution in [-0.2, 0) is 0 Å². The summed E-state index contributed by atoms with van der Waals surface area (Å²) in [5.41, 5.74) is 1.72. The van der Waals surface area contributed by atoms with Crippen LogP contribution in [-0.4, -0.2) is 16.5 Å². The van der Waals surface area contributed by atoms with Gasteiger partial charge in [-0.15, -0.1) is 19.0 Å². The Morgan fingerprint density at radius 3 is 2.35 bits per heavy atom. The van der Waals surface area contributed by atoms with Crippen LogP contribution in [0.2, 0.25) is 0 Å². The molecule has 116 valence electrons. The number of halogens is 2. The third-order valence-corrected chi connectivity index (χ3v) is 3.40. The van der Waals surface area contributed by atoms with E-state index in [2.05, 4.69) is 19.7 Å². The average Bonchev–Trinajstić information content (AvgIpc) is 3.08. The molecule has 0 radical (unpaired) electrons. The summed E-state index contributed by atoms with van der Waals surface area (Å²) in [6.07, 6.45) is -3.67. The monoisotopic (exact) mass is 316 g/mol. The van der Waals surface area contributed by atoms with Gasteiger partial charge < -0.3 is 13.9 Å². The number of fused-ring (bicyclic) bond motifs is 1. The Morgan fingerprint density at radius 2 is 1.61 bits per heavy atom. The predicted octanol–water partition coefficient (Wildman–Crippen LogP) is 4.03. The van der Waals surface area contributed by atoms with Crippen molar-refractivity contribution in [1.82, 2.24) is 10.2 Å². The molecule has 0 N–H and O–H groups in total. The van der Waals surface area contributed by atoms with E-state index in [4.69, 9.17) is 4.42 Å². The van der Waals surface area contributed by atoms with Gasteiger partial charge in [0, 0.05) is 18.1 Å². The second-order valence-corrected chi connectivity index (χ2v) is 4.97. The van der Waals surface area contributed by atoms with E-state index in [0.29, 0.717) is 28.5 Å². The molecule has 1 aromatic heterocycles. The lowest BCUT2D eigenvalue weighted by Gasteiger charge is -2.09. The molecule has 0 spiro atoms. The number of hydrogen-bond acceptors (Lipinski definition) is 5. The van der Waals surface area contributed by atoms with E-state index in [-0.39, 0.29) is 11.5 Å². The quantitative estimate of drug-likeness (QED) is 0.714. The van der Waals surface area contributed by atoms with Gasteiger partial charge in [-0.2, -0.15) is 0 Å². The summed E-state index contributed by atoms with van der Waals surface area (Å²) in [5, 5.41) is 7.79. The van der Waals surface area contributed by atoms with Crippen molar-refractivity contribution in [3.8, 4) is 34.1 Å². The molecule has 0 saturated heterocycles. The number of nitrogens with zero attached hydrogens (tertiary/aromatic N) is 2. The highest BCUT2D eigenvalue weighted by Crippen LogP contribution is 2.48. The van der Waals surface area contributed by atoms with E-state index in [1.807, 2.05) is 0 Å². The number of aromatic nitrogens is 2. The Hall–Kier alpha value is -2.96. The molecule has 0 unspecified atom stereocenters. The molecular formula is C16H10F2N2O3. The number of ether oxygens (including phenoxy) is 2. The van der Waals surface area contributed by atoms with Crippen LogP contribution in [0.5, 0.6) is 11.5 Å². The number of alkyl halides is 2. The van der Waals surface area contributed by atoms with Gasteiger partial charge in [0.05, 0.1) is 0 Å². The number of rotatable bonds is 2. The molecule has 4 rings (SSSR count). The SMILES string of the molecule is Cc1nnc(-c2ccccc2-c2cccc3c2OC(F)(F)O3)o1. The van der Waals surface area contributed by atoms with Gasteiger partial charge in [-0.25, -0.2) is 0 Å². The highest BCUT2D eigenvalue weighted by Gasteiger charge is 2.44. The molecule has 1 aliphatic heterocycles. The maximum absolute atomic E-state index is 13.4. The van der Waals surface area contributed by atoms with E-state index in [9.17, 15) is 8.78 Å². The molecule has 7 heteroatoms. The zero-order chi connectivity index (χ0) is 16.0. The van der Waals surface area contributed by atoms with Gasteiger partial charge in [-0.1, -0.05) is 30.3 Å². The van der Waals surface area contributed by atoms with Crippen molar-refractivity contribution >= 4 is 0 Å². The molecule has 2 aromatic carbocycles. The van der Waals surface area contributed by atoms with E-state index in [1.54, 1.807) is 43.3 Å². The lowest BCUT2D eigenvalue weighted by molar-refractivity contribution is -0.286. The molecule has 5 nitrogen and oxygen atoms in total. The van der Waals surface area contributed by atoms with Crippen LogP contribution in [0.3, 0.4) is 0 Å². The first-order chi connectivity index (χ1) is 11.0. The maximum Gasteiger partial charge on any atom is 0.586 e. The Kier molecular flexibility index (Phi) is 2.84. The fourth-order valence-electron chi connectivity index (χ4n) is 2.49. The second kappa shape index (κ2) is 4.77. The van der Waals surface area contributed by atoms with Gasteiger partial charge in [0.15, 0.2) is 11.5 Å². The van der Waals surface area contributed by atoms with E-state index >= 15 is 0 Å². The summed E-state index contributed by atoms with van der Waals surface area (Å²) in [5.74, 6) is 0.700. The number of para-hydroxylation sites is 1. The minimum atomic E-state index is -3.67. The van der Waals surface area contributed by atoms with Crippen molar-refractivity contribution in [3.63, 3.8) is 0 Å². The first-order valence-corrected chi connectivity index (χ1v) is 6.82. The Bertz CT molecular complexity index is 893. The van der Waals surface area contributed by atoms with Gasteiger partial charge >= 0.3 is 6.29 Å². The fraction of sp³-hybridized carbons (Fsp3) is 0.125. The number of hydrogen-bond donors (Lipinski definition) is 0. The minimum Gasteiger partial charge on any atom is -0.421 e. The van der Waals surface area contributed by atoms with Crippen molar-refractivity contribution in [1.29, 1.82) is 0 Å². The predicted molar refractivity (Wildman–Crippen MR) is 76.1 cm³/mol. The fourth-order valence-corrected chi connectivity index (χ4v) is 2.49. The highest BCUT2D eigenvalue weighted by atomic mass is 19.3. The molecule has 0 fully saturated rings. The Labute approximate surface area is 129 Å². The van der Waals surface area contributed by atoms with Crippen molar-refractivity contribution in [2.75, 3.05) is 0 Å². The molecule has 1 aliphatic rings. The molecule has 2 heterocycles. The molecule has 0 bridgehead atoms. The van der Waals surface area contributed by atoms with Crippen LogP contribution in [0.4, 0.5) is 8.78 Å². The standard InChI is InChI=1S/C16H10F2N2O3/c1-9-19-20-15(21-9)12-6-3-2-5-10(12)11-7-4-8-13-14(11)23-16(17,18)22-13/h2-8H,1H3. The Balaban J connectivity index is 1.90. The van der Waals surface area contributed by atoms with Crippen molar-refractivity contribution < 1.29 is 22.7 Å². The van der Waals surface area contributed by atoms with Gasteiger partial charge in [0.1, 0.15) is 0 Å². The number of aryl methyl sites for hydroxylation is 1. The average molecular weight is 316 g/mol. The maximum atomic E-state index is 13.4. The van der Waals surface area contributed by atoms with E-state index in [1.165, 1.54) is 6.07 Å². The normalized spacial score (nSPS) is 14.9. The Morgan fingerprint density at radius 1 is 0.870 bits per heavy atom. The highest BCUT2D eigenvalue weighted by molar-refractivity contribution is 5.85. The van der Waals surface area contributed by atoms with Gasteiger partial charge in [-0.05, 0) is 17.7 Å². The number of benzene rings is 2. The zero-order valence-corrected chi connectivity index (χ0v) is 11.9. The first-order valence-electron chi connectivity index (χ1n) is 6.82. The van der Waals surface area contributed by atoms with Gasteiger partial charge in [0.2, 0.25) is 11.8 Å². The first kappa shape index (κ1) is 13.7. The van der Waals surface area contributed by atoms with Crippen LogP contribution < -0.4 is 9.47 Å². The molecule has 0 amide bonds. The lowest BCUT2D eigenvalue weighted by Crippen LogP contribution is -2.26. The summed E-state index contributed by atoms with van der Waals surface area (Å²) in [4.78, 5) is 0. The van der Waals surface area contributed by atoms with Crippen molar-refractivity contribution in [3.05, 3.63) is 48.4 Å². The summed E-state index contributed by atoms with van der Waals surface area (Å²) >= 11 is 0. The summed E-state index contributed by atoms with van der Waals surface area (Å²) in [6, 6.07) is 11.8. The molecule has 0 saturated carbocycles. The van der Waals surface area contributed by atoms with Crippen LogP contribution in [0.15, 0.2) is 46.9 Å². The van der Waals surface area contributed by atoms with E-state index < -0.39 is 6.29 Å². The topological polar surface area (TPSA) is 57.4 Å². The smallest absolute Gasteiger partial charge is 0.421 e. The van der Waals surface area contributed by atoms with Crippen LogP contribution in [0.1, 0.15) is 5.89 Å². The van der Waals surface area contributed by atoms with Crippen molar-refractivity contribution in [2.24, 2.45) is 0 Å². The largest absolute Gasteiger partial charge is 0.586 e. The molecule has 0 atom stereocenters. The van der Waals surface area contributed by atoms with Gasteiger partial charge in [0.25, 0.3) is 0 Å².